The maximum atomic E-state index is 12.2. The molecule has 118 valence electrons. The molecule has 0 aromatic carbocycles. The van der Waals surface area contributed by atoms with Gasteiger partial charge in [-0.2, -0.15) is 0 Å². The van der Waals surface area contributed by atoms with E-state index in [0.717, 1.165) is 12.1 Å². The number of anilines is 1. The van der Waals surface area contributed by atoms with Crippen LogP contribution in [0.15, 0.2) is 4.52 Å². The van der Waals surface area contributed by atoms with Gasteiger partial charge in [-0.1, -0.05) is 12.1 Å². The molecule has 2 heterocycles. The zero-order chi connectivity index (χ0) is 15.8. The minimum absolute atomic E-state index is 0.0438. The molecular formula is C15H25N3O3. The lowest BCUT2D eigenvalue weighted by molar-refractivity contribution is -0.0689. The van der Waals surface area contributed by atoms with Gasteiger partial charge in [-0.05, 0) is 47.5 Å². The number of urea groups is 1. The highest BCUT2D eigenvalue weighted by molar-refractivity contribution is 5.90. The predicted molar refractivity (Wildman–Crippen MR) is 80.4 cm³/mol. The van der Waals surface area contributed by atoms with Crippen LogP contribution in [-0.4, -0.2) is 28.4 Å². The molecular weight excluding hydrogens is 270 g/mol. The fourth-order valence-corrected chi connectivity index (χ4v) is 2.91. The number of carbonyl (C=O) groups excluding carboxylic acids is 1. The molecule has 1 unspecified atom stereocenters. The van der Waals surface area contributed by atoms with Crippen LogP contribution in [0.2, 0.25) is 0 Å². The minimum atomic E-state index is -0.391. The molecule has 6 heteroatoms. The normalized spacial score (nSPS) is 23.0. The second-order valence-corrected chi connectivity index (χ2v) is 6.73. The van der Waals surface area contributed by atoms with Gasteiger partial charge in [0.15, 0.2) is 5.76 Å². The molecule has 0 aliphatic carbocycles. The van der Waals surface area contributed by atoms with E-state index in [1.54, 1.807) is 6.92 Å². The first-order chi connectivity index (χ1) is 9.64. The van der Waals surface area contributed by atoms with E-state index in [1.165, 1.54) is 0 Å². The summed E-state index contributed by atoms with van der Waals surface area (Å²) in [4.78, 5) is 12.2. The number of ether oxygens (including phenoxy) is 1. The Bertz CT molecular complexity index is 534. The number of nitrogens with one attached hydrogen (secondary N) is 2. The molecule has 6 nitrogen and oxygen atoms in total. The van der Waals surface area contributed by atoms with Crippen molar-refractivity contribution in [3.63, 3.8) is 0 Å². The highest BCUT2D eigenvalue weighted by Crippen LogP contribution is 2.37. The number of aromatic nitrogens is 1. The number of aryl methyl sites for hydroxylation is 2. The first-order valence-electron chi connectivity index (χ1n) is 7.37. The molecule has 1 aliphatic rings. The van der Waals surface area contributed by atoms with Gasteiger partial charge < -0.3 is 19.9 Å². The van der Waals surface area contributed by atoms with Crippen LogP contribution in [-0.2, 0) is 11.2 Å². The Morgan fingerprint density at radius 1 is 1.38 bits per heavy atom. The summed E-state index contributed by atoms with van der Waals surface area (Å²) in [6.07, 6.45) is 1.48. The fraction of sp³-hybridized carbons (Fsp3) is 0.733. The molecule has 1 aromatic heterocycles. The number of hydrogen-bond acceptors (Lipinski definition) is 4. The quantitative estimate of drug-likeness (QED) is 0.898. The SMILES string of the molecule is CCc1noc(C)c1NC(=O)NC1CC(C)(C)OC1(C)C. The Labute approximate surface area is 125 Å². The Hall–Kier alpha value is -1.56. The third kappa shape index (κ3) is 3.37. The number of nitrogens with zero attached hydrogens (tertiary/aromatic N) is 1. The molecule has 0 spiro atoms. The van der Waals surface area contributed by atoms with Crippen molar-refractivity contribution in [2.45, 2.75) is 71.6 Å². The number of hydrogen-bond donors (Lipinski definition) is 2. The van der Waals surface area contributed by atoms with Crippen molar-refractivity contribution >= 4 is 11.7 Å². The molecule has 21 heavy (non-hydrogen) atoms. The van der Waals surface area contributed by atoms with E-state index < -0.39 is 5.60 Å². The summed E-state index contributed by atoms with van der Waals surface area (Å²) in [5.74, 6) is 0.615. The zero-order valence-electron chi connectivity index (χ0n) is 13.7. The van der Waals surface area contributed by atoms with E-state index in [9.17, 15) is 4.79 Å². The van der Waals surface area contributed by atoms with Gasteiger partial charge in [0, 0.05) is 0 Å². The van der Waals surface area contributed by atoms with Crippen LogP contribution in [0, 0.1) is 6.92 Å². The summed E-state index contributed by atoms with van der Waals surface area (Å²) in [6.45, 7) is 11.8. The first-order valence-corrected chi connectivity index (χ1v) is 7.37. The summed E-state index contributed by atoms with van der Waals surface area (Å²) in [5.41, 5.74) is 0.789. The number of carbonyl (C=O) groups is 1. The van der Waals surface area contributed by atoms with Crippen LogP contribution in [0.5, 0.6) is 0 Å². The largest absolute Gasteiger partial charge is 0.367 e. The van der Waals surface area contributed by atoms with Crippen LogP contribution < -0.4 is 10.6 Å². The van der Waals surface area contributed by atoms with E-state index in [0.29, 0.717) is 17.9 Å². The van der Waals surface area contributed by atoms with Crippen LogP contribution in [0.3, 0.4) is 0 Å². The van der Waals surface area contributed by atoms with Gasteiger partial charge in [0.05, 0.1) is 17.2 Å². The molecule has 0 radical (unpaired) electrons. The minimum Gasteiger partial charge on any atom is -0.367 e. The second-order valence-electron chi connectivity index (χ2n) is 6.73. The third-order valence-electron chi connectivity index (χ3n) is 3.89. The molecule has 1 aromatic rings. The summed E-state index contributed by atoms with van der Waals surface area (Å²) in [5, 5.41) is 9.77. The van der Waals surface area contributed by atoms with E-state index in [4.69, 9.17) is 9.26 Å². The van der Waals surface area contributed by atoms with Crippen molar-refractivity contribution in [1.82, 2.24) is 10.5 Å². The molecule has 0 saturated carbocycles. The van der Waals surface area contributed by atoms with Crippen molar-refractivity contribution in [3.8, 4) is 0 Å². The monoisotopic (exact) mass is 295 g/mol. The van der Waals surface area contributed by atoms with E-state index in [-0.39, 0.29) is 17.7 Å². The van der Waals surface area contributed by atoms with Crippen molar-refractivity contribution in [2.24, 2.45) is 0 Å². The van der Waals surface area contributed by atoms with E-state index >= 15 is 0 Å². The zero-order valence-corrected chi connectivity index (χ0v) is 13.7. The summed E-state index contributed by atoms with van der Waals surface area (Å²) in [6, 6.07) is -0.298. The Kier molecular flexibility index (Phi) is 4.02. The average Bonchev–Trinajstić information content (AvgIpc) is 2.77. The molecule has 0 bridgehead atoms. The Balaban J connectivity index is 2.04. The maximum Gasteiger partial charge on any atom is 0.319 e. The van der Waals surface area contributed by atoms with Crippen molar-refractivity contribution in [3.05, 3.63) is 11.5 Å². The van der Waals surface area contributed by atoms with Crippen LogP contribution in [0.1, 0.15) is 52.5 Å². The molecule has 1 saturated heterocycles. The molecule has 2 rings (SSSR count). The van der Waals surface area contributed by atoms with Crippen LogP contribution in [0.25, 0.3) is 0 Å². The third-order valence-corrected chi connectivity index (χ3v) is 3.89. The van der Waals surface area contributed by atoms with Gasteiger partial charge >= 0.3 is 6.03 Å². The van der Waals surface area contributed by atoms with E-state index in [1.807, 2.05) is 34.6 Å². The lowest BCUT2D eigenvalue weighted by atomic mass is 9.95. The Morgan fingerprint density at radius 2 is 2.05 bits per heavy atom. The van der Waals surface area contributed by atoms with Gasteiger partial charge in [-0.3, -0.25) is 0 Å². The maximum absolute atomic E-state index is 12.2. The highest BCUT2D eigenvalue weighted by atomic mass is 16.5. The van der Waals surface area contributed by atoms with Gasteiger partial charge in [-0.25, -0.2) is 4.79 Å². The number of rotatable bonds is 3. The lowest BCUT2D eigenvalue weighted by Gasteiger charge is -2.27. The highest BCUT2D eigenvalue weighted by Gasteiger charge is 2.46. The second kappa shape index (κ2) is 5.33. The fourth-order valence-electron chi connectivity index (χ4n) is 2.91. The van der Waals surface area contributed by atoms with Crippen LogP contribution >= 0.6 is 0 Å². The smallest absolute Gasteiger partial charge is 0.319 e. The standard InChI is InChI=1S/C15H25N3O3/c1-7-10-12(9(2)20-18-10)17-13(19)16-11-8-14(3,4)21-15(11,5)6/h11H,7-8H2,1-6H3,(H2,16,17,19). The van der Waals surface area contributed by atoms with Crippen LogP contribution in [0.4, 0.5) is 10.5 Å². The van der Waals surface area contributed by atoms with Crippen molar-refractivity contribution in [2.75, 3.05) is 5.32 Å². The number of amides is 2. The average molecular weight is 295 g/mol. The van der Waals surface area contributed by atoms with Gasteiger partial charge in [-0.15, -0.1) is 0 Å². The molecule has 1 fully saturated rings. The molecule has 2 N–H and O–H groups in total. The first kappa shape index (κ1) is 15.8. The predicted octanol–water partition coefficient (Wildman–Crippen LogP) is 3.01. The van der Waals surface area contributed by atoms with Gasteiger partial charge in [0.25, 0.3) is 0 Å². The van der Waals surface area contributed by atoms with Gasteiger partial charge in [0.1, 0.15) is 11.4 Å². The topological polar surface area (TPSA) is 76.4 Å². The summed E-state index contributed by atoms with van der Waals surface area (Å²) >= 11 is 0. The van der Waals surface area contributed by atoms with Gasteiger partial charge in [0.2, 0.25) is 0 Å². The lowest BCUT2D eigenvalue weighted by Crippen LogP contribution is -2.47. The summed E-state index contributed by atoms with van der Waals surface area (Å²) < 4.78 is 11.1. The molecule has 2 amide bonds. The molecule has 1 atom stereocenters. The molecule has 1 aliphatic heterocycles. The Morgan fingerprint density at radius 3 is 2.57 bits per heavy atom. The van der Waals surface area contributed by atoms with E-state index in [2.05, 4.69) is 15.8 Å². The summed E-state index contributed by atoms with van der Waals surface area (Å²) in [7, 11) is 0. The van der Waals surface area contributed by atoms with Crippen molar-refractivity contribution in [1.29, 1.82) is 0 Å². The van der Waals surface area contributed by atoms with Crippen molar-refractivity contribution < 1.29 is 14.1 Å².